The molecule has 1 aromatic carbocycles. The van der Waals surface area contributed by atoms with E-state index in [1.54, 1.807) is 4.90 Å². The molecule has 0 bridgehead atoms. The number of amides is 1. The second kappa shape index (κ2) is 8.92. The Morgan fingerprint density at radius 2 is 1.91 bits per heavy atom. The van der Waals surface area contributed by atoms with Gasteiger partial charge in [-0.05, 0) is 24.5 Å². The molecule has 0 N–H and O–H groups in total. The summed E-state index contributed by atoms with van der Waals surface area (Å²) in [5.74, 6) is -0.0944. The van der Waals surface area contributed by atoms with Crippen LogP contribution in [-0.2, 0) is 20.9 Å². The summed E-state index contributed by atoms with van der Waals surface area (Å²) in [6.07, 6.45) is 5.50. The van der Waals surface area contributed by atoms with E-state index in [4.69, 9.17) is 16.3 Å². The maximum atomic E-state index is 12.8. The Morgan fingerprint density at radius 3 is 2.57 bits per heavy atom. The summed E-state index contributed by atoms with van der Waals surface area (Å²) >= 11 is 6.22. The van der Waals surface area contributed by atoms with Gasteiger partial charge >= 0.3 is 5.97 Å². The van der Waals surface area contributed by atoms with Crippen molar-refractivity contribution < 1.29 is 14.3 Å². The molecule has 0 saturated heterocycles. The number of halogens is 1. The SMILES string of the molecule is COC(=O)CCN(Cc1ccccc1Cl)C(=O)C1CCCCC1. The number of nitrogens with zero attached hydrogens (tertiary/aromatic N) is 1. The summed E-state index contributed by atoms with van der Waals surface area (Å²) < 4.78 is 4.70. The van der Waals surface area contributed by atoms with E-state index < -0.39 is 0 Å². The van der Waals surface area contributed by atoms with E-state index in [1.807, 2.05) is 24.3 Å². The number of carbonyl (C=O) groups excluding carboxylic acids is 2. The van der Waals surface area contributed by atoms with Crippen molar-refractivity contribution in [2.45, 2.75) is 45.1 Å². The molecular weight excluding hydrogens is 314 g/mol. The molecule has 126 valence electrons. The highest BCUT2D eigenvalue weighted by Crippen LogP contribution is 2.27. The van der Waals surface area contributed by atoms with Crippen LogP contribution in [0.5, 0.6) is 0 Å². The summed E-state index contributed by atoms with van der Waals surface area (Å²) in [7, 11) is 1.36. The maximum Gasteiger partial charge on any atom is 0.307 e. The van der Waals surface area contributed by atoms with Crippen molar-refractivity contribution in [1.82, 2.24) is 4.90 Å². The maximum absolute atomic E-state index is 12.8. The summed E-state index contributed by atoms with van der Waals surface area (Å²) in [6, 6.07) is 7.51. The molecule has 1 saturated carbocycles. The van der Waals surface area contributed by atoms with Gasteiger partial charge in [0.05, 0.1) is 13.5 Å². The van der Waals surface area contributed by atoms with Gasteiger partial charge in [-0.25, -0.2) is 0 Å². The molecule has 0 radical (unpaired) electrons. The van der Waals surface area contributed by atoms with Crippen LogP contribution in [0, 0.1) is 5.92 Å². The van der Waals surface area contributed by atoms with Gasteiger partial charge in [0.1, 0.15) is 0 Å². The van der Waals surface area contributed by atoms with Crippen LogP contribution in [0.3, 0.4) is 0 Å². The van der Waals surface area contributed by atoms with Gasteiger partial charge in [-0.2, -0.15) is 0 Å². The Hall–Kier alpha value is -1.55. The first-order chi connectivity index (χ1) is 11.1. The molecule has 0 spiro atoms. The minimum atomic E-state index is -0.300. The molecule has 1 aliphatic carbocycles. The summed E-state index contributed by atoms with van der Waals surface area (Å²) in [6.45, 7) is 0.805. The Bertz CT molecular complexity index is 541. The second-order valence-electron chi connectivity index (χ2n) is 6.01. The Balaban J connectivity index is 2.08. The van der Waals surface area contributed by atoms with E-state index in [2.05, 4.69) is 0 Å². The number of benzene rings is 1. The van der Waals surface area contributed by atoms with Crippen LogP contribution in [0.25, 0.3) is 0 Å². The van der Waals surface area contributed by atoms with Crippen molar-refractivity contribution in [3.63, 3.8) is 0 Å². The molecule has 0 aliphatic heterocycles. The first-order valence-electron chi connectivity index (χ1n) is 8.21. The molecule has 23 heavy (non-hydrogen) atoms. The van der Waals surface area contributed by atoms with Crippen LogP contribution in [-0.4, -0.2) is 30.4 Å². The van der Waals surface area contributed by atoms with Crippen molar-refractivity contribution in [2.75, 3.05) is 13.7 Å². The zero-order valence-corrected chi connectivity index (χ0v) is 14.3. The van der Waals surface area contributed by atoms with Gasteiger partial charge in [0.2, 0.25) is 5.91 Å². The lowest BCUT2D eigenvalue weighted by molar-refractivity contribution is -0.143. The number of hydrogen-bond acceptors (Lipinski definition) is 3. The molecule has 0 unspecified atom stereocenters. The highest BCUT2D eigenvalue weighted by atomic mass is 35.5. The molecule has 0 atom stereocenters. The van der Waals surface area contributed by atoms with Gasteiger partial charge in [-0.15, -0.1) is 0 Å². The zero-order chi connectivity index (χ0) is 16.7. The molecule has 1 aromatic rings. The number of hydrogen-bond donors (Lipinski definition) is 0. The number of esters is 1. The van der Waals surface area contributed by atoms with Crippen molar-refractivity contribution in [2.24, 2.45) is 5.92 Å². The lowest BCUT2D eigenvalue weighted by Crippen LogP contribution is -2.38. The summed E-state index contributed by atoms with van der Waals surface area (Å²) in [4.78, 5) is 26.1. The fourth-order valence-electron chi connectivity index (χ4n) is 3.04. The number of methoxy groups -OCH3 is 1. The fraction of sp³-hybridized carbons (Fsp3) is 0.556. The molecule has 5 heteroatoms. The number of rotatable bonds is 6. The van der Waals surface area contributed by atoms with E-state index in [1.165, 1.54) is 13.5 Å². The summed E-state index contributed by atoms with van der Waals surface area (Å²) in [5, 5.41) is 0.645. The minimum Gasteiger partial charge on any atom is -0.469 e. The molecule has 4 nitrogen and oxygen atoms in total. The van der Waals surface area contributed by atoms with E-state index in [-0.39, 0.29) is 24.2 Å². The molecule has 2 rings (SSSR count). The van der Waals surface area contributed by atoms with Crippen molar-refractivity contribution >= 4 is 23.5 Å². The molecule has 1 fully saturated rings. The Labute approximate surface area is 142 Å². The Kier molecular flexibility index (Phi) is 6.90. The average Bonchev–Trinajstić information content (AvgIpc) is 2.60. The smallest absolute Gasteiger partial charge is 0.307 e. The standard InChI is InChI=1S/C18H24ClNO3/c1-23-17(21)11-12-20(13-15-9-5-6-10-16(15)19)18(22)14-7-3-2-4-8-14/h5-6,9-10,14H,2-4,7-8,11-13H2,1H3. The monoisotopic (exact) mass is 337 g/mol. The predicted molar refractivity (Wildman–Crippen MR) is 90.1 cm³/mol. The lowest BCUT2D eigenvalue weighted by Gasteiger charge is -2.29. The third-order valence-corrected chi connectivity index (χ3v) is 4.77. The largest absolute Gasteiger partial charge is 0.469 e. The van der Waals surface area contributed by atoms with Crippen LogP contribution in [0.1, 0.15) is 44.1 Å². The van der Waals surface area contributed by atoms with Gasteiger partial charge in [0.15, 0.2) is 0 Å². The van der Waals surface area contributed by atoms with Crippen LogP contribution in [0.15, 0.2) is 24.3 Å². The highest BCUT2D eigenvalue weighted by molar-refractivity contribution is 6.31. The van der Waals surface area contributed by atoms with Crippen molar-refractivity contribution in [3.05, 3.63) is 34.9 Å². The predicted octanol–water partition coefficient (Wildman–Crippen LogP) is 3.81. The van der Waals surface area contributed by atoms with E-state index in [9.17, 15) is 9.59 Å². The van der Waals surface area contributed by atoms with Crippen LogP contribution >= 0.6 is 11.6 Å². The van der Waals surface area contributed by atoms with Crippen LogP contribution in [0.2, 0.25) is 5.02 Å². The second-order valence-corrected chi connectivity index (χ2v) is 6.42. The Morgan fingerprint density at radius 1 is 1.22 bits per heavy atom. The minimum absolute atomic E-state index is 0.0730. The molecular formula is C18H24ClNO3. The molecule has 0 aromatic heterocycles. The van der Waals surface area contributed by atoms with Gasteiger partial charge < -0.3 is 9.64 Å². The van der Waals surface area contributed by atoms with Gasteiger partial charge in [0.25, 0.3) is 0 Å². The first kappa shape index (κ1) is 17.8. The third kappa shape index (κ3) is 5.24. The van der Waals surface area contributed by atoms with Crippen LogP contribution in [0.4, 0.5) is 0 Å². The zero-order valence-electron chi connectivity index (χ0n) is 13.6. The average molecular weight is 338 g/mol. The molecule has 1 aliphatic rings. The quantitative estimate of drug-likeness (QED) is 0.741. The highest BCUT2D eigenvalue weighted by Gasteiger charge is 2.26. The molecule has 0 heterocycles. The number of carbonyl (C=O) groups is 2. The van der Waals surface area contributed by atoms with Crippen LogP contribution < -0.4 is 0 Å². The van der Waals surface area contributed by atoms with Gasteiger partial charge in [-0.1, -0.05) is 49.1 Å². The van der Waals surface area contributed by atoms with Gasteiger partial charge in [-0.3, -0.25) is 9.59 Å². The lowest BCUT2D eigenvalue weighted by atomic mass is 9.88. The first-order valence-corrected chi connectivity index (χ1v) is 8.58. The van der Waals surface area contributed by atoms with Gasteiger partial charge in [0, 0.05) is 24.0 Å². The van der Waals surface area contributed by atoms with E-state index >= 15 is 0 Å². The molecule has 1 amide bonds. The normalized spacial score (nSPS) is 15.2. The van der Waals surface area contributed by atoms with E-state index in [0.717, 1.165) is 31.2 Å². The summed E-state index contributed by atoms with van der Waals surface area (Å²) in [5.41, 5.74) is 0.906. The van der Waals surface area contributed by atoms with Crippen molar-refractivity contribution in [1.29, 1.82) is 0 Å². The number of ether oxygens (including phenoxy) is 1. The third-order valence-electron chi connectivity index (χ3n) is 4.40. The van der Waals surface area contributed by atoms with E-state index in [0.29, 0.717) is 18.1 Å². The topological polar surface area (TPSA) is 46.6 Å². The van der Waals surface area contributed by atoms with Crippen molar-refractivity contribution in [3.8, 4) is 0 Å². The fourth-order valence-corrected chi connectivity index (χ4v) is 3.23.